The standard InChI is InChI=1S/C26H24ClN3O4S/c1-26(25(32)28-14-17-6-4-5-7-21(17)33-2)15-29-20(12-16-10-11-35-24(16)29)23(31)30(26)18-8-9-22(34-3)19(27)13-18/h4-13H,14-15H2,1-3H3,(H,28,32)/t26-/m0/s1. The molecule has 0 spiro atoms. The fourth-order valence-corrected chi connectivity index (χ4v) is 5.76. The Morgan fingerprint density at radius 3 is 2.63 bits per heavy atom. The van der Waals surface area contributed by atoms with E-state index in [0.29, 0.717) is 34.4 Å². The van der Waals surface area contributed by atoms with Crippen molar-refractivity contribution in [3.05, 3.63) is 76.3 Å². The van der Waals surface area contributed by atoms with E-state index in [2.05, 4.69) is 5.32 Å². The lowest BCUT2D eigenvalue weighted by atomic mass is 9.93. The van der Waals surface area contributed by atoms with Crippen LogP contribution in [0, 0.1) is 0 Å². The van der Waals surface area contributed by atoms with Gasteiger partial charge >= 0.3 is 0 Å². The number of carbonyl (C=O) groups is 2. The summed E-state index contributed by atoms with van der Waals surface area (Å²) in [6, 6.07) is 16.5. The van der Waals surface area contributed by atoms with Crippen LogP contribution in [0.5, 0.6) is 11.5 Å². The van der Waals surface area contributed by atoms with Crippen LogP contribution in [0.4, 0.5) is 5.69 Å². The largest absolute Gasteiger partial charge is 0.496 e. The van der Waals surface area contributed by atoms with Crippen LogP contribution in [0.3, 0.4) is 0 Å². The number of thiophene rings is 1. The highest BCUT2D eigenvalue weighted by Crippen LogP contribution is 2.39. The molecule has 0 saturated heterocycles. The molecule has 0 radical (unpaired) electrons. The molecule has 2 amide bonds. The molecule has 2 aromatic carbocycles. The molecular formula is C26H24ClN3O4S. The van der Waals surface area contributed by atoms with E-state index in [4.69, 9.17) is 21.1 Å². The molecule has 9 heteroatoms. The van der Waals surface area contributed by atoms with Gasteiger partial charge < -0.3 is 19.4 Å². The van der Waals surface area contributed by atoms with Crippen molar-refractivity contribution < 1.29 is 19.1 Å². The third-order valence-corrected chi connectivity index (χ3v) is 7.65. The smallest absolute Gasteiger partial charge is 0.275 e. The van der Waals surface area contributed by atoms with Crippen LogP contribution in [-0.4, -0.2) is 36.1 Å². The normalized spacial score (nSPS) is 17.4. The van der Waals surface area contributed by atoms with Crippen molar-refractivity contribution in [3.63, 3.8) is 0 Å². The van der Waals surface area contributed by atoms with Gasteiger partial charge in [-0.05, 0) is 48.7 Å². The van der Waals surface area contributed by atoms with Gasteiger partial charge in [0.25, 0.3) is 5.91 Å². The lowest BCUT2D eigenvalue weighted by molar-refractivity contribution is -0.126. The molecule has 1 atom stereocenters. The molecule has 35 heavy (non-hydrogen) atoms. The molecule has 4 aromatic rings. The summed E-state index contributed by atoms with van der Waals surface area (Å²) in [4.78, 5) is 30.2. The maximum Gasteiger partial charge on any atom is 0.275 e. The number of methoxy groups -OCH3 is 2. The van der Waals surface area contributed by atoms with E-state index in [1.807, 2.05) is 46.3 Å². The van der Waals surface area contributed by atoms with Crippen LogP contribution < -0.4 is 19.7 Å². The molecule has 1 aliphatic heterocycles. The van der Waals surface area contributed by atoms with E-state index in [1.54, 1.807) is 43.6 Å². The SMILES string of the molecule is COc1ccc(N2C(=O)c3cc4ccsc4n3C[C@@]2(C)C(=O)NCc2ccccc2OC)cc1Cl. The van der Waals surface area contributed by atoms with E-state index < -0.39 is 5.54 Å². The molecule has 0 saturated carbocycles. The van der Waals surface area contributed by atoms with Crippen molar-refractivity contribution in [3.8, 4) is 11.5 Å². The summed E-state index contributed by atoms with van der Waals surface area (Å²) >= 11 is 7.96. The number of halogens is 1. The summed E-state index contributed by atoms with van der Waals surface area (Å²) in [6.07, 6.45) is 0. The zero-order valence-corrected chi connectivity index (χ0v) is 21.1. The number of hydrogen-bond acceptors (Lipinski definition) is 5. The Kier molecular flexibility index (Phi) is 5.94. The van der Waals surface area contributed by atoms with E-state index in [9.17, 15) is 9.59 Å². The number of nitrogens with zero attached hydrogens (tertiary/aromatic N) is 2. The Bertz CT molecular complexity index is 1450. The van der Waals surface area contributed by atoms with Gasteiger partial charge in [-0.2, -0.15) is 0 Å². The number of anilines is 1. The van der Waals surface area contributed by atoms with Crippen LogP contribution in [-0.2, 0) is 17.9 Å². The van der Waals surface area contributed by atoms with Crippen molar-refractivity contribution in [2.45, 2.75) is 25.6 Å². The molecule has 0 unspecified atom stereocenters. The number of benzene rings is 2. The summed E-state index contributed by atoms with van der Waals surface area (Å²) in [5.41, 5.74) is 0.677. The van der Waals surface area contributed by atoms with Gasteiger partial charge in [-0.1, -0.05) is 29.8 Å². The lowest BCUT2D eigenvalue weighted by Gasteiger charge is -2.44. The minimum Gasteiger partial charge on any atom is -0.496 e. The predicted octanol–water partition coefficient (Wildman–Crippen LogP) is 5.11. The summed E-state index contributed by atoms with van der Waals surface area (Å²) in [5, 5.41) is 6.34. The van der Waals surface area contributed by atoms with E-state index in [0.717, 1.165) is 15.8 Å². The van der Waals surface area contributed by atoms with Gasteiger partial charge in [0.2, 0.25) is 5.91 Å². The average molecular weight is 510 g/mol. The highest BCUT2D eigenvalue weighted by atomic mass is 35.5. The number of carbonyl (C=O) groups excluding carboxylic acids is 2. The van der Waals surface area contributed by atoms with Gasteiger partial charge in [-0.3, -0.25) is 14.5 Å². The summed E-state index contributed by atoms with van der Waals surface area (Å²) in [5.74, 6) is 0.624. The zero-order valence-electron chi connectivity index (χ0n) is 19.5. The number of amides is 2. The number of ether oxygens (including phenoxy) is 2. The summed E-state index contributed by atoms with van der Waals surface area (Å²) in [7, 11) is 3.12. The first-order valence-electron chi connectivity index (χ1n) is 11.0. The van der Waals surface area contributed by atoms with Crippen LogP contribution >= 0.6 is 22.9 Å². The molecule has 5 rings (SSSR count). The van der Waals surface area contributed by atoms with Gasteiger partial charge in [-0.15, -0.1) is 11.3 Å². The maximum absolute atomic E-state index is 13.9. The predicted molar refractivity (Wildman–Crippen MR) is 138 cm³/mol. The molecule has 0 aliphatic carbocycles. The summed E-state index contributed by atoms with van der Waals surface area (Å²) < 4.78 is 12.6. The molecule has 1 N–H and O–H groups in total. The Hall–Kier alpha value is -3.49. The Morgan fingerprint density at radius 2 is 1.89 bits per heavy atom. The van der Waals surface area contributed by atoms with Crippen molar-refractivity contribution in [2.24, 2.45) is 0 Å². The molecule has 1 aliphatic rings. The number of fused-ring (bicyclic) bond motifs is 3. The Balaban J connectivity index is 1.57. The van der Waals surface area contributed by atoms with Crippen molar-refractivity contribution >= 4 is 50.7 Å². The third-order valence-electron chi connectivity index (χ3n) is 6.40. The van der Waals surface area contributed by atoms with E-state index in [1.165, 1.54) is 12.0 Å². The van der Waals surface area contributed by atoms with Gasteiger partial charge in [-0.25, -0.2) is 0 Å². The van der Waals surface area contributed by atoms with Crippen molar-refractivity contribution in [2.75, 3.05) is 19.1 Å². The molecule has 180 valence electrons. The molecule has 0 fully saturated rings. The number of rotatable bonds is 6. The highest BCUT2D eigenvalue weighted by molar-refractivity contribution is 7.16. The number of aromatic nitrogens is 1. The minimum absolute atomic E-state index is 0.261. The topological polar surface area (TPSA) is 72.8 Å². The third kappa shape index (κ3) is 3.83. The van der Waals surface area contributed by atoms with Crippen LogP contribution in [0.1, 0.15) is 23.0 Å². The second kappa shape index (κ2) is 8.94. The van der Waals surface area contributed by atoms with Gasteiger partial charge in [0.05, 0.1) is 25.8 Å². The fraction of sp³-hybridized carbons (Fsp3) is 0.231. The highest BCUT2D eigenvalue weighted by Gasteiger charge is 2.48. The second-order valence-electron chi connectivity index (χ2n) is 8.52. The van der Waals surface area contributed by atoms with E-state index >= 15 is 0 Å². The molecular weight excluding hydrogens is 486 g/mol. The first-order valence-corrected chi connectivity index (χ1v) is 12.3. The molecule has 2 aromatic heterocycles. The fourth-order valence-electron chi connectivity index (χ4n) is 4.61. The first-order chi connectivity index (χ1) is 16.9. The number of nitrogens with one attached hydrogen (secondary N) is 1. The van der Waals surface area contributed by atoms with Crippen molar-refractivity contribution in [1.82, 2.24) is 9.88 Å². The van der Waals surface area contributed by atoms with Crippen LogP contribution in [0.25, 0.3) is 10.2 Å². The second-order valence-corrected chi connectivity index (χ2v) is 9.83. The van der Waals surface area contributed by atoms with Crippen molar-refractivity contribution in [1.29, 1.82) is 0 Å². The van der Waals surface area contributed by atoms with Gasteiger partial charge in [0.15, 0.2) is 0 Å². The first kappa shape index (κ1) is 23.3. The summed E-state index contributed by atoms with van der Waals surface area (Å²) in [6.45, 7) is 2.33. The zero-order chi connectivity index (χ0) is 24.7. The lowest BCUT2D eigenvalue weighted by Crippen LogP contribution is -2.64. The van der Waals surface area contributed by atoms with E-state index in [-0.39, 0.29) is 18.4 Å². The minimum atomic E-state index is -1.22. The number of hydrogen-bond donors (Lipinski definition) is 1. The molecule has 0 bridgehead atoms. The van der Waals surface area contributed by atoms with Gasteiger partial charge in [0, 0.05) is 23.2 Å². The number of para-hydroxylation sites is 1. The monoisotopic (exact) mass is 509 g/mol. The molecule has 7 nitrogen and oxygen atoms in total. The van der Waals surface area contributed by atoms with Gasteiger partial charge in [0.1, 0.15) is 27.6 Å². The van der Waals surface area contributed by atoms with Crippen LogP contribution in [0.2, 0.25) is 5.02 Å². The Morgan fingerprint density at radius 1 is 1.11 bits per heavy atom. The maximum atomic E-state index is 13.9. The average Bonchev–Trinajstić information content (AvgIpc) is 3.45. The molecule has 3 heterocycles. The Labute approximate surface area is 211 Å². The quantitative estimate of drug-likeness (QED) is 0.392. The van der Waals surface area contributed by atoms with Crippen LogP contribution in [0.15, 0.2) is 60.0 Å².